The molecule has 6 nitrogen and oxygen atoms in total. The molecule has 31 heavy (non-hydrogen) atoms. The van der Waals surface area contributed by atoms with E-state index in [9.17, 15) is 14.7 Å². The van der Waals surface area contributed by atoms with Crippen molar-refractivity contribution in [3.05, 3.63) is 60.2 Å². The van der Waals surface area contributed by atoms with Crippen LogP contribution >= 0.6 is 0 Å². The van der Waals surface area contributed by atoms with Gasteiger partial charge >= 0.3 is 0 Å². The summed E-state index contributed by atoms with van der Waals surface area (Å²) >= 11 is 0. The van der Waals surface area contributed by atoms with Gasteiger partial charge in [0.1, 0.15) is 6.54 Å². The zero-order valence-corrected chi connectivity index (χ0v) is 17.9. The minimum absolute atomic E-state index is 0.209. The van der Waals surface area contributed by atoms with Gasteiger partial charge in [0.2, 0.25) is 5.91 Å². The average Bonchev–Trinajstić information content (AvgIpc) is 2.81. The van der Waals surface area contributed by atoms with Crippen molar-refractivity contribution in [3.8, 4) is 0 Å². The van der Waals surface area contributed by atoms with Crippen LogP contribution in [0.4, 0.5) is 11.4 Å². The molecule has 2 N–H and O–H groups in total. The van der Waals surface area contributed by atoms with E-state index in [-0.39, 0.29) is 5.91 Å². The quantitative estimate of drug-likeness (QED) is 0.732. The molecule has 0 aromatic heterocycles. The fourth-order valence-corrected chi connectivity index (χ4v) is 4.86. The monoisotopic (exact) mass is 421 g/mol. The lowest BCUT2D eigenvalue weighted by molar-refractivity contribution is -0.914. The molecule has 6 heteroatoms. The molecule has 2 aliphatic rings. The Morgan fingerprint density at radius 1 is 0.935 bits per heavy atom. The van der Waals surface area contributed by atoms with Crippen LogP contribution in [0.2, 0.25) is 0 Å². The number of hydrogen-bond donors (Lipinski definition) is 2. The van der Waals surface area contributed by atoms with E-state index in [4.69, 9.17) is 0 Å². The van der Waals surface area contributed by atoms with Crippen molar-refractivity contribution in [3.63, 3.8) is 0 Å². The van der Waals surface area contributed by atoms with E-state index in [1.54, 1.807) is 4.90 Å². The number of hydrogen-bond acceptors (Lipinski definition) is 4. The second-order valence-corrected chi connectivity index (χ2v) is 8.75. The smallest absolute Gasteiger partial charge is 0.228 e. The van der Waals surface area contributed by atoms with Crippen molar-refractivity contribution in [2.75, 3.05) is 36.4 Å². The predicted octanol–water partition coefficient (Wildman–Crippen LogP) is 1.09. The minimum Gasteiger partial charge on any atom is -0.550 e. The number of carboxylic acid groups (broad SMARTS) is 1. The molecule has 0 spiro atoms. The molecule has 1 aliphatic carbocycles. The normalized spacial score (nSPS) is 22.1. The molecule has 4 rings (SSSR count). The number of carboxylic acids is 1. The van der Waals surface area contributed by atoms with Gasteiger partial charge in [-0.25, -0.2) is 0 Å². The SMILES string of the molecule is O=C(Nc1ccc(N2CC[NH+](Cc3ccccc3)CC2)cc1)[C@H]1CCCC[C@H]1C(=O)[O-]. The summed E-state index contributed by atoms with van der Waals surface area (Å²) in [4.78, 5) is 28.0. The molecule has 1 heterocycles. The van der Waals surface area contributed by atoms with Gasteiger partial charge in [-0.2, -0.15) is 0 Å². The van der Waals surface area contributed by atoms with Crippen LogP contribution < -0.4 is 20.2 Å². The van der Waals surface area contributed by atoms with Crippen LogP contribution in [-0.4, -0.2) is 38.1 Å². The maximum atomic E-state index is 12.6. The van der Waals surface area contributed by atoms with Gasteiger partial charge in [0.25, 0.3) is 0 Å². The molecule has 2 aromatic rings. The molecule has 1 saturated heterocycles. The number of nitrogens with one attached hydrogen (secondary N) is 2. The van der Waals surface area contributed by atoms with Crippen molar-refractivity contribution >= 4 is 23.3 Å². The van der Waals surface area contributed by atoms with Crippen LogP contribution in [0, 0.1) is 11.8 Å². The Morgan fingerprint density at radius 2 is 1.58 bits per heavy atom. The van der Waals surface area contributed by atoms with Gasteiger partial charge in [-0.3, -0.25) is 4.79 Å². The maximum Gasteiger partial charge on any atom is 0.228 e. The molecule has 2 fully saturated rings. The minimum atomic E-state index is -1.11. The first-order valence-electron chi connectivity index (χ1n) is 11.3. The highest BCUT2D eigenvalue weighted by atomic mass is 16.4. The summed E-state index contributed by atoms with van der Waals surface area (Å²) in [6, 6.07) is 18.5. The average molecular weight is 422 g/mol. The number of quaternary nitrogens is 1. The Labute approximate surface area is 183 Å². The van der Waals surface area contributed by atoms with Gasteiger partial charge in [0, 0.05) is 34.7 Å². The Bertz CT molecular complexity index is 877. The topological polar surface area (TPSA) is 76.9 Å². The molecule has 2 aromatic carbocycles. The predicted molar refractivity (Wildman–Crippen MR) is 119 cm³/mol. The van der Waals surface area contributed by atoms with E-state index in [1.807, 2.05) is 24.3 Å². The number of piperazine rings is 1. The molecule has 0 unspecified atom stereocenters. The number of aliphatic carboxylic acids is 1. The standard InChI is InChI=1S/C25H31N3O3/c29-24(22-8-4-5-9-23(22)25(30)31)26-20-10-12-21(13-11-20)28-16-14-27(15-17-28)18-19-6-2-1-3-7-19/h1-3,6-7,10-13,22-23H,4-5,8-9,14-18H2,(H,26,29)(H,30,31)/t22-,23+/m0/s1. The van der Waals surface area contributed by atoms with E-state index in [0.717, 1.165) is 51.3 Å². The molecule has 0 bridgehead atoms. The second kappa shape index (κ2) is 9.96. The Kier molecular flexibility index (Phi) is 6.87. The fraction of sp³-hybridized carbons (Fsp3) is 0.440. The van der Waals surface area contributed by atoms with Crippen LogP contribution in [0.3, 0.4) is 0 Å². The highest BCUT2D eigenvalue weighted by Crippen LogP contribution is 2.31. The number of nitrogens with zero attached hydrogens (tertiary/aromatic N) is 1. The van der Waals surface area contributed by atoms with Gasteiger partial charge in [0.05, 0.1) is 26.2 Å². The summed E-state index contributed by atoms with van der Waals surface area (Å²) in [5, 5.41) is 14.3. The number of anilines is 2. The van der Waals surface area contributed by atoms with Crippen LogP contribution in [0.1, 0.15) is 31.2 Å². The van der Waals surface area contributed by atoms with E-state index >= 15 is 0 Å². The molecule has 1 aliphatic heterocycles. The molecule has 1 amide bonds. The zero-order valence-electron chi connectivity index (χ0n) is 17.9. The van der Waals surface area contributed by atoms with Gasteiger partial charge in [0.15, 0.2) is 0 Å². The fourth-order valence-electron chi connectivity index (χ4n) is 4.86. The summed E-state index contributed by atoms with van der Waals surface area (Å²) in [5.74, 6) is -2.50. The van der Waals surface area contributed by atoms with Gasteiger partial charge in [-0.05, 0) is 37.1 Å². The summed E-state index contributed by atoms with van der Waals surface area (Å²) < 4.78 is 0. The summed E-state index contributed by atoms with van der Waals surface area (Å²) in [6.45, 7) is 5.26. The van der Waals surface area contributed by atoms with Crippen molar-refractivity contribution in [2.24, 2.45) is 11.8 Å². The first kappa shape index (κ1) is 21.4. The highest BCUT2D eigenvalue weighted by Gasteiger charge is 2.31. The highest BCUT2D eigenvalue weighted by molar-refractivity contribution is 5.95. The summed E-state index contributed by atoms with van der Waals surface area (Å²) in [6.07, 6.45) is 2.87. The first-order valence-corrected chi connectivity index (χ1v) is 11.3. The van der Waals surface area contributed by atoms with Crippen molar-refractivity contribution < 1.29 is 19.6 Å². The van der Waals surface area contributed by atoms with Crippen LogP contribution in [0.15, 0.2) is 54.6 Å². The van der Waals surface area contributed by atoms with E-state index < -0.39 is 17.8 Å². The maximum absolute atomic E-state index is 12.6. The lowest BCUT2D eigenvalue weighted by atomic mass is 9.78. The van der Waals surface area contributed by atoms with Crippen molar-refractivity contribution in [1.29, 1.82) is 0 Å². The van der Waals surface area contributed by atoms with E-state index in [2.05, 4.69) is 40.5 Å². The summed E-state index contributed by atoms with van der Waals surface area (Å²) in [5.41, 5.74) is 3.25. The summed E-state index contributed by atoms with van der Waals surface area (Å²) in [7, 11) is 0. The van der Waals surface area contributed by atoms with Crippen molar-refractivity contribution in [1.82, 2.24) is 0 Å². The van der Waals surface area contributed by atoms with Crippen LogP contribution in [-0.2, 0) is 16.1 Å². The first-order chi connectivity index (χ1) is 15.1. The zero-order chi connectivity index (χ0) is 21.6. The number of benzene rings is 2. The third-order valence-corrected chi connectivity index (χ3v) is 6.67. The molecule has 1 saturated carbocycles. The molecular weight excluding hydrogens is 390 g/mol. The second-order valence-electron chi connectivity index (χ2n) is 8.75. The van der Waals surface area contributed by atoms with Gasteiger partial charge in [-0.1, -0.05) is 43.2 Å². The number of rotatable bonds is 6. The number of carbonyl (C=O) groups excluding carboxylic acids is 2. The lowest BCUT2D eigenvalue weighted by Gasteiger charge is -2.34. The Balaban J connectivity index is 1.29. The van der Waals surface area contributed by atoms with Gasteiger partial charge in [-0.15, -0.1) is 0 Å². The molecule has 2 atom stereocenters. The number of amides is 1. The third-order valence-electron chi connectivity index (χ3n) is 6.67. The largest absolute Gasteiger partial charge is 0.550 e. The van der Waals surface area contributed by atoms with Gasteiger partial charge < -0.3 is 25.0 Å². The number of carbonyl (C=O) groups is 2. The molecular formula is C25H31N3O3. The van der Waals surface area contributed by atoms with E-state index in [0.29, 0.717) is 18.5 Å². The van der Waals surface area contributed by atoms with Crippen LogP contribution in [0.25, 0.3) is 0 Å². The van der Waals surface area contributed by atoms with Crippen molar-refractivity contribution in [2.45, 2.75) is 32.2 Å². The Hall–Kier alpha value is -2.86. The lowest BCUT2D eigenvalue weighted by Crippen LogP contribution is -3.13. The third kappa shape index (κ3) is 5.44. The Morgan fingerprint density at radius 3 is 2.23 bits per heavy atom. The molecule has 164 valence electrons. The molecule has 0 radical (unpaired) electrons. The van der Waals surface area contributed by atoms with E-state index in [1.165, 1.54) is 5.56 Å². The van der Waals surface area contributed by atoms with Crippen LogP contribution in [0.5, 0.6) is 0 Å².